The molecular weight excluding hydrogens is 495 g/mol. The predicted molar refractivity (Wildman–Crippen MR) is 139 cm³/mol. The summed E-state index contributed by atoms with van der Waals surface area (Å²) in [5.41, 5.74) is 3.53. The zero-order chi connectivity index (χ0) is 25.4. The molecule has 0 radical (unpaired) electrons. The first kappa shape index (κ1) is 23.3. The van der Waals surface area contributed by atoms with Crippen LogP contribution in [0.1, 0.15) is 36.1 Å². The second-order valence-corrected chi connectivity index (χ2v) is 11.3. The van der Waals surface area contributed by atoms with Crippen molar-refractivity contribution in [3.05, 3.63) is 101 Å². The predicted octanol–water partition coefficient (Wildman–Crippen LogP) is 5.24. The number of para-hydroxylation sites is 1. The van der Waals surface area contributed by atoms with E-state index in [1.165, 1.54) is 0 Å². The standard InChI is InChI=1S/C29H24Cl2N2O3/c1-16(2)24(25(34)32-17-10-4-3-5-11-17)33-26(35)22-23(27(33)36)29(31)19-13-7-6-12-18(19)28(22,30)20-14-8-9-15-21(20)29/h3-16,22-24H,1-2H3,(H,32,34)/t22-,23+,24-,28?,29?/m0/s1. The van der Waals surface area contributed by atoms with Crippen LogP contribution in [0, 0.1) is 17.8 Å². The lowest BCUT2D eigenvalue weighted by molar-refractivity contribution is -0.148. The second-order valence-electron chi connectivity index (χ2n) is 10.1. The lowest BCUT2D eigenvalue weighted by Crippen LogP contribution is -2.57. The molecule has 5 nitrogen and oxygen atoms in total. The van der Waals surface area contributed by atoms with Gasteiger partial charge in [0.25, 0.3) is 0 Å². The van der Waals surface area contributed by atoms with Gasteiger partial charge in [0.1, 0.15) is 15.8 Å². The Kier molecular flexibility index (Phi) is 5.12. The van der Waals surface area contributed by atoms with Crippen LogP contribution in [0.15, 0.2) is 78.9 Å². The highest BCUT2D eigenvalue weighted by molar-refractivity contribution is 6.36. The Morgan fingerprint density at radius 2 is 1.14 bits per heavy atom. The van der Waals surface area contributed by atoms with Crippen LogP contribution in [0.25, 0.3) is 0 Å². The average molecular weight is 519 g/mol. The van der Waals surface area contributed by atoms with E-state index in [2.05, 4.69) is 5.32 Å². The molecule has 1 fully saturated rings. The highest BCUT2D eigenvalue weighted by Gasteiger charge is 2.73. The van der Waals surface area contributed by atoms with E-state index in [0.717, 1.165) is 27.2 Å². The van der Waals surface area contributed by atoms with Crippen LogP contribution >= 0.6 is 23.2 Å². The van der Waals surface area contributed by atoms with Gasteiger partial charge in [-0.1, -0.05) is 80.6 Å². The number of nitrogens with zero attached hydrogens (tertiary/aromatic N) is 1. The maximum atomic E-state index is 14.2. The number of benzene rings is 3. The van der Waals surface area contributed by atoms with Crippen molar-refractivity contribution < 1.29 is 14.4 Å². The third-order valence-corrected chi connectivity index (χ3v) is 9.12. The minimum atomic E-state index is -1.27. The Morgan fingerprint density at radius 1 is 0.750 bits per heavy atom. The SMILES string of the molecule is CC(C)[C@@H](C(=O)Nc1ccccc1)N1C(=O)[C@@H]2[C@H](C1=O)C1(Cl)c3ccccc3C2(Cl)c2ccccc21. The Bertz CT molecular complexity index is 1300. The molecule has 36 heavy (non-hydrogen) atoms. The third kappa shape index (κ3) is 2.81. The van der Waals surface area contributed by atoms with E-state index in [1.54, 1.807) is 24.3 Å². The fraction of sp³-hybridized carbons (Fsp3) is 0.276. The molecule has 7 heteroatoms. The molecule has 7 rings (SSSR count). The number of amides is 3. The van der Waals surface area contributed by atoms with Gasteiger partial charge in [-0.3, -0.25) is 19.3 Å². The molecule has 0 unspecified atom stereocenters. The second kappa shape index (κ2) is 7.92. The Balaban J connectivity index is 1.50. The maximum absolute atomic E-state index is 14.2. The minimum Gasteiger partial charge on any atom is -0.324 e. The molecule has 0 spiro atoms. The summed E-state index contributed by atoms with van der Waals surface area (Å²) in [6.07, 6.45) is 0. The molecule has 3 amide bonds. The lowest BCUT2D eigenvalue weighted by Gasteiger charge is -2.54. The van der Waals surface area contributed by atoms with Crippen molar-refractivity contribution in [3.8, 4) is 0 Å². The number of likely N-dealkylation sites (tertiary alicyclic amines) is 1. The van der Waals surface area contributed by atoms with Gasteiger partial charge in [0.15, 0.2) is 0 Å². The Morgan fingerprint density at radius 3 is 1.53 bits per heavy atom. The molecule has 3 aliphatic carbocycles. The van der Waals surface area contributed by atoms with Gasteiger partial charge in [-0.05, 0) is 40.3 Å². The monoisotopic (exact) mass is 518 g/mol. The summed E-state index contributed by atoms with van der Waals surface area (Å²) in [6.45, 7) is 3.64. The zero-order valence-corrected chi connectivity index (χ0v) is 21.3. The number of halogens is 2. The van der Waals surface area contributed by atoms with Crippen LogP contribution in [-0.4, -0.2) is 28.7 Å². The van der Waals surface area contributed by atoms with Crippen molar-refractivity contribution in [2.45, 2.75) is 29.6 Å². The molecule has 1 heterocycles. The molecule has 3 atom stereocenters. The Labute approximate surface area is 219 Å². The van der Waals surface area contributed by atoms with Gasteiger partial charge in [0.05, 0.1) is 11.8 Å². The van der Waals surface area contributed by atoms with Gasteiger partial charge in [-0.2, -0.15) is 0 Å². The first-order valence-corrected chi connectivity index (χ1v) is 12.8. The first-order valence-electron chi connectivity index (χ1n) is 12.0. The summed E-state index contributed by atoms with van der Waals surface area (Å²) in [4.78, 5) is 40.5. The van der Waals surface area contributed by atoms with Crippen LogP contribution in [-0.2, 0) is 24.1 Å². The number of rotatable bonds is 4. The number of alkyl halides is 2. The molecule has 3 aromatic rings. The van der Waals surface area contributed by atoms with E-state index in [-0.39, 0.29) is 5.92 Å². The molecular formula is C29H24Cl2N2O3. The number of imide groups is 1. The molecule has 1 aliphatic heterocycles. The van der Waals surface area contributed by atoms with Crippen molar-refractivity contribution in [1.29, 1.82) is 0 Å². The van der Waals surface area contributed by atoms with Gasteiger partial charge < -0.3 is 5.32 Å². The summed E-state index contributed by atoms with van der Waals surface area (Å²) >= 11 is 15.0. The number of hydrogen-bond donors (Lipinski definition) is 1. The van der Waals surface area contributed by atoms with E-state index >= 15 is 0 Å². The summed E-state index contributed by atoms with van der Waals surface area (Å²) in [5.74, 6) is -3.54. The summed E-state index contributed by atoms with van der Waals surface area (Å²) in [5, 5.41) is 2.86. The molecule has 182 valence electrons. The van der Waals surface area contributed by atoms with Crippen LogP contribution in [0.3, 0.4) is 0 Å². The molecule has 1 saturated heterocycles. The third-order valence-electron chi connectivity index (χ3n) is 7.84. The fourth-order valence-electron chi connectivity index (χ4n) is 6.42. The van der Waals surface area contributed by atoms with Crippen molar-refractivity contribution in [1.82, 2.24) is 4.90 Å². The normalized spacial score (nSPS) is 28.5. The quantitative estimate of drug-likeness (QED) is 0.379. The van der Waals surface area contributed by atoms with Crippen LogP contribution < -0.4 is 5.32 Å². The number of carbonyl (C=O) groups excluding carboxylic acids is 3. The number of anilines is 1. The van der Waals surface area contributed by atoms with Crippen molar-refractivity contribution in [2.24, 2.45) is 17.8 Å². The molecule has 2 bridgehead atoms. The summed E-state index contributed by atoms with van der Waals surface area (Å²) in [6, 6.07) is 23.0. The highest BCUT2D eigenvalue weighted by Crippen LogP contribution is 2.69. The lowest BCUT2D eigenvalue weighted by atomic mass is 9.54. The zero-order valence-electron chi connectivity index (χ0n) is 19.7. The van der Waals surface area contributed by atoms with E-state index in [0.29, 0.717) is 5.69 Å². The minimum absolute atomic E-state index is 0.332. The molecule has 0 aromatic heterocycles. The van der Waals surface area contributed by atoms with E-state index in [4.69, 9.17) is 23.2 Å². The van der Waals surface area contributed by atoms with E-state index in [9.17, 15) is 14.4 Å². The first-order chi connectivity index (χ1) is 17.2. The van der Waals surface area contributed by atoms with Gasteiger partial charge in [-0.15, -0.1) is 23.2 Å². The Hall–Kier alpha value is -3.15. The van der Waals surface area contributed by atoms with Gasteiger partial charge >= 0.3 is 0 Å². The smallest absolute Gasteiger partial charge is 0.247 e. The molecule has 1 N–H and O–H groups in total. The maximum Gasteiger partial charge on any atom is 0.247 e. The van der Waals surface area contributed by atoms with Gasteiger partial charge in [-0.25, -0.2) is 0 Å². The van der Waals surface area contributed by atoms with Crippen LogP contribution in [0.2, 0.25) is 0 Å². The number of carbonyl (C=O) groups is 3. The van der Waals surface area contributed by atoms with E-state index < -0.39 is 45.3 Å². The summed E-state index contributed by atoms with van der Waals surface area (Å²) in [7, 11) is 0. The molecule has 0 saturated carbocycles. The highest BCUT2D eigenvalue weighted by atomic mass is 35.5. The van der Waals surface area contributed by atoms with Crippen LogP contribution in [0.4, 0.5) is 5.69 Å². The van der Waals surface area contributed by atoms with Gasteiger partial charge in [0, 0.05) is 5.69 Å². The average Bonchev–Trinajstić information content (AvgIpc) is 3.14. The van der Waals surface area contributed by atoms with Crippen molar-refractivity contribution in [3.63, 3.8) is 0 Å². The van der Waals surface area contributed by atoms with Crippen molar-refractivity contribution in [2.75, 3.05) is 5.32 Å². The summed E-state index contributed by atoms with van der Waals surface area (Å²) < 4.78 is 0. The number of hydrogen-bond acceptors (Lipinski definition) is 3. The number of nitrogens with one attached hydrogen (secondary N) is 1. The molecule has 3 aromatic carbocycles. The van der Waals surface area contributed by atoms with Crippen LogP contribution in [0.5, 0.6) is 0 Å². The molecule has 4 aliphatic rings. The van der Waals surface area contributed by atoms with Crippen molar-refractivity contribution >= 4 is 46.6 Å². The van der Waals surface area contributed by atoms with E-state index in [1.807, 2.05) is 68.4 Å². The van der Waals surface area contributed by atoms with Gasteiger partial charge in [0.2, 0.25) is 17.7 Å². The largest absolute Gasteiger partial charge is 0.324 e. The topological polar surface area (TPSA) is 66.5 Å². The fourth-order valence-corrected chi connectivity index (χ4v) is 7.52.